The maximum absolute atomic E-state index is 5.73. The van der Waals surface area contributed by atoms with Gasteiger partial charge < -0.3 is 10.1 Å². The second kappa shape index (κ2) is 5.63. The normalized spacial score (nSPS) is 16.0. The van der Waals surface area contributed by atoms with Gasteiger partial charge in [-0.25, -0.2) is 0 Å². The Hall–Kier alpha value is -1.87. The number of para-hydroxylation sites is 1. The second-order valence-electron chi connectivity index (χ2n) is 5.12. The summed E-state index contributed by atoms with van der Waals surface area (Å²) in [6.07, 6.45) is 3.16. The Labute approximate surface area is 119 Å². The molecule has 3 rings (SSSR count). The Balaban J connectivity index is 2.06. The number of nitrogens with one attached hydrogen (secondary N) is 1. The number of benzene rings is 1. The van der Waals surface area contributed by atoms with Crippen molar-refractivity contribution < 1.29 is 4.74 Å². The number of hydrogen-bond acceptors (Lipinski definition) is 3. The van der Waals surface area contributed by atoms with Crippen molar-refractivity contribution in [3.63, 3.8) is 0 Å². The van der Waals surface area contributed by atoms with Crippen LogP contribution in [0.4, 0.5) is 0 Å². The number of ether oxygens (including phenoxy) is 1. The summed E-state index contributed by atoms with van der Waals surface area (Å²) in [4.78, 5) is 4.82. The molecule has 1 aliphatic rings. The highest BCUT2D eigenvalue weighted by Gasteiger charge is 2.21. The molecule has 0 saturated heterocycles. The maximum Gasteiger partial charge on any atom is 0.115 e. The first kappa shape index (κ1) is 13.1. The molecule has 1 unspecified atom stereocenters. The van der Waals surface area contributed by atoms with Crippen LogP contribution < -0.4 is 5.32 Å². The lowest BCUT2D eigenvalue weighted by molar-refractivity contribution is 0.215. The molecule has 2 heterocycles. The summed E-state index contributed by atoms with van der Waals surface area (Å²) in [5.41, 5.74) is 3.34. The van der Waals surface area contributed by atoms with Crippen molar-refractivity contribution in [1.82, 2.24) is 10.3 Å². The molecule has 3 nitrogen and oxygen atoms in total. The number of rotatable bonds is 4. The molecular formula is C17H20N2O. The third-order valence-corrected chi connectivity index (χ3v) is 3.66. The Bertz CT molecular complexity index is 648. The van der Waals surface area contributed by atoms with E-state index in [1.54, 1.807) is 0 Å². The van der Waals surface area contributed by atoms with Gasteiger partial charge in [0, 0.05) is 11.8 Å². The molecule has 0 bridgehead atoms. The number of hydrogen-bond donors (Lipinski definition) is 1. The fourth-order valence-electron chi connectivity index (χ4n) is 2.72. The quantitative estimate of drug-likeness (QED) is 0.921. The zero-order valence-corrected chi connectivity index (χ0v) is 12.0. The molecule has 104 valence electrons. The lowest BCUT2D eigenvalue weighted by atomic mass is 10.0. The van der Waals surface area contributed by atoms with Crippen LogP contribution in [0, 0.1) is 6.92 Å². The summed E-state index contributed by atoms with van der Waals surface area (Å²) in [6, 6.07) is 10.5. The van der Waals surface area contributed by atoms with Crippen molar-refractivity contribution in [3.8, 4) is 0 Å². The first-order valence-corrected chi connectivity index (χ1v) is 7.22. The van der Waals surface area contributed by atoms with E-state index in [0.717, 1.165) is 36.5 Å². The van der Waals surface area contributed by atoms with Crippen LogP contribution in [-0.2, 0) is 4.74 Å². The molecule has 1 aliphatic heterocycles. The van der Waals surface area contributed by atoms with Crippen molar-refractivity contribution in [2.45, 2.75) is 26.3 Å². The summed E-state index contributed by atoms with van der Waals surface area (Å²) in [6.45, 7) is 5.92. The predicted octanol–water partition coefficient (Wildman–Crippen LogP) is 3.50. The first-order valence-electron chi connectivity index (χ1n) is 7.22. The minimum atomic E-state index is 0.0609. The van der Waals surface area contributed by atoms with E-state index in [1.165, 1.54) is 10.9 Å². The van der Waals surface area contributed by atoms with Crippen LogP contribution >= 0.6 is 0 Å². The van der Waals surface area contributed by atoms with Crippen LogP contribution in [0.3, 0.4) is 0 Å². The molecule has 0 fully saturated rings. The van der Waals surface area contributed by atoms with Crippen molar-refractivity contribution >= 4 is 10.9 Å². The molecule has 1 aromatic carbocycles. The molecule has 20 heavy (non-hydrogen) atoms. The van der Waals surface area contributed by atoms with Gasteiger partial charge in [0.05, 0.1) is 17.8 Å². The molecule has 1 atom stereocenters. The molecule has 2 aromatic rings. The van der Waals surface area contributed by atoms with Crippen LogP contribution in [0.5, 0.6) is 0 Å². The van der Waals surface area contributed by atoms with Crippen LogP contribution in [0.1, 0.15) is 30.6 Å². The van der Waals surface area contributed by atoms with Gasteiger partial charge in [-0.1, -0.05) is 25.1 Å². The molecule has 0 saturated carbocycles. The average molecular weight is 268 g/mol. The van der Waals surface area contributed by atoms with Gasteiger partial charge in [-0.15, -0.1) is 0 Å². The zero-order chi connectivity index (χ0) is 13.9. The largest absolute Gasteiger partial charge is 0.496 e. The van der Waals surface area contributed by atoms with Gasteiger partial charge in [0.2, 0.25) is 0 Å². The average Bonchev–Trinajstić information content (AvgIpc) is 2.98. The summed E-state index contributed by atoms with van der Waals surface area (Å²) < 4.78 is 5.73. The van der Waals surface area contributed by atoms with Gasteiger partial charge in [0.1, 0.15) is 11.8 Å². The van der Waals surface area contributed by atoms with Crippen molar-refractivity contribution in [1.29, 1.82) is 0 Å². The van der Waals surface area contributed by atoms with E-state index < -0.39 is 0 Å². The maximum atomic E-state index is 5.73. The highest BCUT2D eigenvalue weighted by atomic mass is 16.5. The molecule has 0 amide bonds. The summed E-state index contributed by atoms with van der Waals surface area (Å²) in [5.74, 6) is 1.01. The lowest BCUT2D eigenvalue weighted by Gasteiger charge is -2.19. The Morgan fingerprint density at radius 1 is 1.35 bits per heavy atom. The van der Waals surface area contributed by atoms with E-state index in [4.69, 9.17) is 9.72 Å². The molecule has 1 N–H and O–H groups in total. The molecule has 0 aliphatic carbocycles. The second-order valence-corrected chi connectivity index (χ2v) is 5.12. The zero-order valence-electron chi connectivity index (χ0n) is 12.0. The van der Waals surface area contributed by atoms with Crippen LogP contribution in [0.2, 0.25) is 0 Å². The van der Waals surface area contributed by atoms with Gasteiger partial charge >= 0.3 is 0 Å². The van der Waals surface area contributed by atoms with Gasteiger partial charge in [-0.2, -0.15) is 0 Å². The van der Waals surface area contributed by atoms with E-state index in [1.807, 2.05) is 6.07 Å². The van der Waals surface area contributed by atoms with Gasteiger partial charge in [0.25, 0.3) is 0 Å². The minimum absolute atomic E-state index is 0.0609. The first-order chi connectivity index (χ1) is 9.79. The third kappa shape index (κ3) is 2.41. The smallest absolute Gasteiger partial charge is 0.115 e. The molecule has 3 heteroatoms. The SMILES string of the molecule is CCNC(C1=CCCO1)c1cc(C)c2ccccc2n1. The summed E-state index contributed by atoms with van der Waals surface area (Å²) in [5, 5.41) is 4.69. The molecule has 1 aromatic heterocycles. The molecule has 0 radical (unpaired) electrons. The van der Waals surface area contributed by atoms with E-state index in [-0.39, 0.29) is 6.04 Å². The van der Waals surface area contributed by atoms with Crippen LogP contribution in [0.15, 0.2) is 42.2 Å². The standard InChI is InChI=1S/C17H20N2O/c1-3-18-17(16-9-6-10-20-16)15-11-12(2)13-7-4-5-8-14(13)19-15/h4-5,7-9,11,17-18H,3,6,10H2,1-2H3. The molecular weight excluding hydrogens is 248 g/mol. The Kier molecular flexibility index (Phi) is 3.70. The number of fused-ring (bicyclic) bond motifs is 1. The van der Waals surface area contributed by atoms with Crippen LogP contribution in [-0.4, -0.2) is 18.1 Å². The number of likely N-dealkylation sites (N-methyl/N-ethyl adjacent to an activating group) is 1. The summed E-state index contributed by atoms with van der Waals surface area (Å²) in [7, 11) is 0. The Morgan fingerprint density at radius 3 is 2.95 bits per heavy atom. The third-order valence-electron chi connectivity index (χ3n) is 3.66. The number of aryl methyl sites for hydroxylation is 1. The van der Waals surface area contributed by atoms with Crippen molar-refractivity contribution in [2.24, 2.45) is 0 Å². The topological polar surface area (TPSA) is 34.1 Å². The highest BCUT2D eigenvalue weighted by molar-refractivity contribution is 5.82. The van der Waals surface area contributed by atoms with E-state index in [9.17, 15) is 0 Å². The highest BCUT2D eigenvalue weighted by Crippen LogP contribution is 2.28. The number of nitrogens with zero attached hydrogens (tertiary/aromatic N) is 1. The monoisotopic (exact) mass is 268 g/mol. The van der Waals surface area contributed by atoms with Gasteiger partial charge in [0.15, 0.2) is 0 Å². The lowest BCUT2D eigenvalue weighted by Crippen LogP contribution is -2.24. The fourth-order valence-corrected chi connectivity index (χ4v) is 2.72. The van der Waals surface area contributed by atoms with Crippen molar-refractivity contribution in [3.05, 3.63) is 53.4 Å². The van der Waals surface area contributed by atoms with Crippen molar-refractivity contribution in [2.75, 3.05) is 13.2 Å². The van der Waals surface area contributed by atoms with Gasteiger partial charge in [-0.3, -0.25) is 4.98 Å². The Morgan fingerprint density at radius 2 is 2.20 bits per heavy atom. The molecule has 0 spiro atoms. The number of pyridine rings is 1. The van der Waals surface area contributed by atoms with Crippen LogP contribution in [0.25, 0.3) is 10.9 Å². The fraction of sp³-hybridized carbons (Fsp3) is 0.353. The van der Waals surface area contributed by atoms with E-state index in [2.05, 4.69) is 49.5 Å². The van der Waals surface area contributed by atoms with Gasteiger partial charge in [-0.05, 0) is 37.2 Å². The number of aromatic nitrogens is 1. The predicted molar refractivity (Wildman–Crippen MR) is 81.5 cm³/mol. The minimum Gasteiger partial charge on any atom is -0.496 e. The van der Waals surface area contributed by atoms with E-state index in [0.29, 0.717) is 0 Å². The van der Waals surface area contributed by atoms with E-state index >= 15 is 0 Å². The summed E-state index contributed by atoms with van der Waals surface area (Å²) >= 11 is 0.